The third kappa shape index (κ3) is 1.88. The van der Waals surface area contributed by atoms with Crippen LogP contribution in [0.4, 0.5) is 5.82 Å². The first-order chi connectivity index (χ1) is 6.77. The molecular formula is C9H15N3O2. The van der Waals surface area contributed by atoms with Crippen LogP contribution in [0.2, 0.25) is 0 Å². The van der Waals surface area contributed by atoms with E-state index < -0.39 is 12.2 Å². The van der Waals surface area contributed by atoms with Crippen molar-refractivity contribution < 1.29 is 10.2 Å². The van der Waals surface area contributed by atoms with Gasteiger partial charge in [-0.1, -0.05) is 0 Å². The molecule has 5 nitrogen and oxygen atoms in total. The van der Waals surface area contributed by atoms with Gasteiger partial charge in [-0.3, -0.25) is 5.10 Å². The van der Waals surface area contributed by atoms with Gasteiger partial charge in [0.1, 0.15) is 5.82 Å². The van der Waals surface area contributed by atoms with Crippen molar-refractivity contribution in [1.29, 1.82) is 0 Å². The first-order valence-electron chi connectivity index (χ1n) is 4.88. The number of aromatic amines is 1. The number of hydrogen-bond acceptors (Lipinski definition) is 4. The molecule has 1 fully saturated rings. The highest BCUT2D eigenvalue weighted by Gasteiger charge is 2.23. The molecule has 3 N–H and O–H groups in total. The minimum atomic E-state index is -0.666. The first kappa shape index (κ1) is 9.48. The number of nitrogens with zero attached hydrogens (tertiary/aromatic N) is 2. The lowest BCUT2D eigenvalue weighted by Crippen LogP contribution is -2.36. The topological polar surface area (TPSA) is 72.4 Å². The molecule has 0 unspecified atom stereocenters. The Hall–Kier alpha value is -1.07. The number of anilines is 1. The van der Waals surface area contributed by atoms with E-state index in [0.29, 0.717) is 13.0 Å². The van der Waals surface area contributed by atoms with Gasteiger partial charge in [0.15, 0.2) is 0 Å². The number of aromatic nitrogens is 2. The molecule has 14 heavy (non-hydrogen) atoms. The van der Waals surface area contributed by atoms with E-state index in [-0.39, 0.29) is 0 Å². The van der Waals surface area contributed by atoms with Crippen molar-refractivity contribution in [3.63, 3.8) is 0 Å². The normalized spacial score (nSPS) is 28.9. The van der Waals surface area contributed by atoms with E-state index in [9.17, 15) is 10.2 Å². The molecule has 5 heteroatoms. The van der Waals surface area contributed by atoms with Crippen molar-refractivity contribution in [3.8, 4) is 0 Å². The fourth-order valence-corrected chi connectivity index (χ4v) is 1.77. The van der Waals surface area contributed by atoms with E-state index in [4.69, 9.17) is 0 Å². The van der Waals surface area contributed by atoms with E-state index in [2.05, 4.69) is 10.2 Å². The van der Waals surface area contributed by atoms with Crippen LogP contribution in [0.15, 0.2) is 12.3 Å². The molecule has 0 saturated carbocycles. The van der Waals surface area contributed by atoms with Crippen LogP contribution >= 0.6 is 0 Å². The standard InChI is InChI=1S/C9H15N3O2/c13-7-2-1-5-12(6-8(7)14)9-3-4-10-11-9/h3-4,7-8,13-14H,1-2,5-6H2,(H,10,11)/t7-,8+/m0/s1. The Bertz CT molecular complexity index is 276. The molecule has 2 rings (SSSR count). The molecule has 0 bridgehead atoms. The van der Waals surface area contributed by atoms with Crippen LogP contribution in [0.3, 0.4) is 0 Å². The van der Waals surface area contributed by atoms with Crippen molar-refractivity contribution in [1.82, 2.24) is 10.2 Å². The summed E-state index contributed by atoms with van der Waals surface area (Å²) < 4.78 is 0. The van der Waals surface area contributed by atoms with Gasteiger partial charge in [0.2, 0.25) is 0 Å². The quantitative estimate of drug-likeness (QED) is 0.579. The number of β-amino-alcohol motifs (C(OH)–C–C–N with tert-alkyl or cyclic N) is 1. The van der Waals surface area contributed by atoms with E-state index in [1.165, 1.54) is 0 Å². The second-order valence-electron chi connectivity index (χ2n) is 3.66. The molecule has 1 aromatic rings. The summed E-state index contributed by atoms with van der Waals surface area (Å²) in [5, 5.41) is 25.8. The number of H-pyrrole nitrogens is 1. The number of hydrogen-bond donors (Lipinski definition) is 3. The van der Waals surface area contributed by atoms with Crippen molar-refractivity contribution in [3.05, 3.63) is 12.3 Å². The Morgan fingerprint density at radius 2 is 2.29 bits per heavy atom. The minimum absolute atomic E-state index is 0.462. The summed E-state index contributed by atoms with van der Waals surface area (Å²) >= 11 is 0. The van der Waals surface area contributed by atoms with Gasteiger partial charge in [0.25, 0.3) is 0 Å². The van der Waals surface area contributed by atoms with Crippen LogP contribution in [0.5, 0.6) is 0 Å². The molecule has 1 aliphatic rings. The Labute approximate surface area is 82.4 Å². The fourth-order valence-electron chi connectivity index (χ4n) is 1.77. The van der Waals surface area contributed by atoms with Gasteiger partial charge >= 0.3 is 0 Å². The molecule has 0 aliphatic carbocycles. The van der Waals surface area contributed by atoms with E-state index in [1.54, 1.807) is 6.20 Å². The molecule has 1 aliphatic heterocycles. The Kier molecular flexibility index (Phi) is 2.69. The number of aliphatic hydroxyl groups is 2. The van der Waals surface area contributed by atoms with Gasteiger partial charge in [-0.2, -0.15) is 5.10 Å². The van der Waals surface area contributed by atoms with Gasteiger partial charge in [0, 0.05) is 19.2 Å². The summed E-state index contributed by atoms with van der Waals surface area (Å²) in [4.78, 5) is 2.01. The monoisotopic (exact) mass is 197 g/mol. The smallest absolute Gasteiger partial charge is 0.124 e. The highest BCUT2D eigenvalue weighted by molar-refractivity contribution is 5.36. The molecule has 0 amide bonds. The maximum Gasteiger partial charge on any atom is 0.124 e. The summed E-state index contributed by atoms with van der Waals surface area (Å²) in [6.07, 6.45) is 1.97. The van der Waals surface area contributed by atoms with Crippen molar-refractivity contribution >= 4 is 5.82 Å². The zero-order valence-corrected chi connectivity index (χ0v) is 7.93. The number of rotatable bonds is 1. The molecular weight excluding hydrogens is 182 g/mol. The van der Waals surface area contributed by atoms with Crippen LogP contribution in [0.25, 0.3) is 0 Å². The van der Waals surface area contributed by atoms with Crippen molar-refractivity contribution in [2.24, 2.45) is 0 Å². The van der Waals surface area contributed by atoms with E-state index in [1.807, 2.05) is 11.0 Å². The molecule has 1 aromatic heterocycles. The summed E-state index contributed by atoms with van der Waals surface area (Å²) in [5.41, 5.74) is 0. The summed E-state index contributed by atoms with van der Waals surface area (Å²) in [5.74, 6) is 0.901. The van der Waals surface area contributed by atoms with Gasteiger partial charge < -0.3 is 15.1 Å². The van der Waals surface area contributed by atoms with Gasteiger partial charge in [0.05, 0.1) is 18.4 Å². The summed E-state index contributed by atoms with van der Waals surface area (Å²) in [6, 6.07) is 1.87. The number of aliphatic hydroxyl groups excluding tert-OH is 2. The SMILES string of the molecule is O[C@@H]1CN(c2ccn[nH]2)CCC[C@@H]1O. The summed E-state index contributed by atoms with van der Waals surface area (Å²) in [6.45, 7) is 1.31. The lowest BCUT2D eigenvalue weighted by molar-refractivity contribution is 0.0249. The highest BCUT2D eigenvalue weighted by atomic mass is 16.3. The fraction of sp³-hybridized carbons (Fsp3) is 0.667. The Morgan fingerprint density at radius 1 is 1.43 bits per heavy atom. The predicted molar refractivity (Wildman–Crippen MR) is 52.0 cm³/mol. The third-order valence-electron chi connectivity index (χ3n) is 2.61. The highest BCUT2D eigenvalue weighted by Crippen LogP contribution is 2.16. The maximum absolute atomic E-state index is 9.60. The van der Waals surface area contributed by atoms with Crippen LogP contribution in [-0.4, -0.2) is 45.7 Å². The zero-order chi connectivity index (χ0) is 9.97. The van der Waals surface area contributed by atoms with Crippen LogP contribution in [0, 0.1) is 0 Å². The second-order valence-corrected chi connectivity index (χ2v) is 3.66. The molecule has 78 valence electrons. The van der Waals surface area contributed by atoms with Crippen LogP contribution in [-0.2, 0) is 0 Å². The third-order valence-corrected chi connectivity index (χ3v) is 2.61. The average molecular weight is 197 g/mol. The maximum atomic E-state index is 9.60. The zero-order valence-electron chi connectivity index (χ0n) is 7.93. The lowest BCUT2D eigenvalue weighted by Gasteiger charge is -2.22. The molecule has 0 aromatic carbocycles. The Balaban J connectivity index is 2.06. The summed E-state index contributed by atoms with van der Waals surface area (Å²) in [7, 11) is 0. The van der Waals surface area contributed by atoms with Crippen LogP contribution < -0.4 is 4.90 Å². The van der Waals surface area contributed by atoms with E-state index in [0.717, 1.165) is 18.8 Å². The Morgan fingerprint density at radius 3 is 3.00 bits per heavy atom. The molecule has 2 heterocycles. The van der Waals surface area contributed by atoms with Gasteiger partial charge in [-0.25, -0.2) is 0 Å². The minimum Gasteiger partial charge on any atom is -0.390 e. The van der Waals surface area contributed by atoms with Gasteiger partial charge in [-0.15, -0.1) is 0 Å². The molecule has 0 radical (unpaired) electrons. The van der Waals surface area contributed by atoms with Crippen LogP contribution in [0.1, 0.15) is 12.8 Å². The number of nitrogens with one attached hydrogen (secondary N) is 1. The molecule has 1 saturated heterocycles. The largest absolute Gasteiger partial charge is 0.390 e. The van der Waals surface area contributed by atoms with E-state index >= 15 is 0 Å². The average Bonchev–Trinajstić information content (AvgIpc) is 2.63. The second kappa shape index (κ2) is 3.98. The molecule has 0 spiro atoms. The van der Waals surface area contributed by atoms with Crippen molar-refractivity contribution in [2.75, 3.05) is 18.0 Å². The lowest BCUT2D eigenvalue weighted by atomic mass is 10.1. The van der Waals surface area contributed by atoms with Gasteiger partial charge in [-0.05, 0) is 12.8 Å². The predicted octanol–water partition coefficient (Wildman–Crippen LogP) is -0.268. The molecule has 2 atom stereocenters. The first-order valence-corrected chi connectivity index (χ1v) is 4.88. The van der Waals surface area contributed by atoms with Crippen molar-refractivity contribution in [2.45, 2.75) is 25.0 Å².